The maximum atomic E-state index is 13.3. The molecule has 3 amide bonds. The quantitative estimate of drug-likeness (QED) is 0.103. The molecule has 0 radical (unpaired) electrons. The zero-order chi connectivity index (χ0) is 41.8. The van der Waals surface area contributed by atoms with Crippen LogP contribution in [0.2, 0.25) is 0 Å². The topological polar surface area (TPSA) is 153 Å². The molecule has 61 heavy (non-hydrogen) atoms. The average Bonchev–Trinajstić information content (AvgIpc) is 4.22. The summed E-state index contributed by atoms with van der Waals surface area (Å²) in [4.78, 5) is 60.3. The van der Waals surface area contributed by atoms with Gasteiger partial charge in [-0.2, -0.15) is 4.98 Å². The second-order valence-corrected chi connectivity index (χ2v) is 16.0. The predicted molar refractivity (Wildman–Crippen MR) is 227 cm³/mol. The first-order chi connectivity index (χ1) is 29.7. The molecule has 15 nitrogen and oxygen atoms in total. The fourth-order valence-corrected chi connectivity index (χ4v) is 7.98. The number of imidazole rings is 1. The minimum absolute atomic E-state index is 0.0315. The summed E-state index contributed by atoms with van der Waals surface area (Å²) >= 11 is 0. The summed E-state index contributed by atoms with van der Waals surface area (Å²) in [7, 11) is 4.81. The molecule has 308 valence electrons. The van der Waals surface area contributed by atoms with Gasteiger partial charge in [-0.05, 0) is 85.2 Å². The number of rotatable bonds is 14. The largest absolute Gasteiger partial charge is 0.497 e. The number of ether oxygens (including phenoxy) is 3. The van der Waals surface area contributed by atoms with Crippen LogP contribution in [0.25, 0.3) is 16.7 Å². The molecule has 15 heteroatoms. The molecule has 0 unspecified atom stereocenters. The zero-order valence-corrected chi connectivity index (χ0v) is 34.4. The smallest absolute Gasteiger partial charge is 0.331 e. The molecule has 2 aliphatic carbocycles. The lowest BCUT2D eigenvalue weighted by Gasteiger charge is -2.22. The van der Waals surface area contributed by atoms with E-state index in [1.54, 1.807) is 20.4 Å². The predicted octanol–water partition coefficient (Wildman–Crippen LogP) is 7.12. The van der Waals surface area contributed by atoms with Gasteiger partial charge < -0.3 is 23.5 Å². The van der Waals surface area contributed by atoms with Crippen molar-refractivity contribution in [3.63, 3.8) is 0 Å². The van der Waals surface area contributed by atoms with Gasteiger partial charge in [-0.3, -0.25) is 14.6 Å². The van der Waals surface area contributed by atoms with E-state index >= 15 is 0 Å². The molecule has 7 aromatic rings. The normalized spacial score (nSPS) is 17.4. The minimum atomic E-state index is -0.363. The van der Waals surface area contributed by atoms with Crippen LogP contribution in [0.15, 0.2) is 91.5 Å². The van der Waals surface area contributed by atoms with Crippen molar-refractivity contribution < 1.29 is 23.8 Å². The van der Waals surface area contributed by atoms with Gasteiger partial charge in [0.1, 0.15) is 36.2 Å². The number of hydrogen-bond donors (Lipinski definition) is 0. The number of fused-ring (bicyclic) bond motifs is 2. The van der Waals surface area contributed by atoms with Crippen molar-refractivity contribution in [3.8, 4) is 17.2 Å². The van der Waals surface area contributed by atoms with E-state index in [1.165, 1.54) is 11.9 Å². The number of carbonyl (C=O) groups excluding carboxylic acids is 2. The summed E-state index contributed by atoms with van der Waals surface area (Å²) in [6.07, 6.45) is 10.7. The SMILES string of the molecule is COc1ccc(COc2cc([C@H]3C[C@@H]3c3nccc(C)n3)nc3nc(N(Cc4ccc(OC)cc4)Cc4cn5cc(C6CC6)cc(N6CC(=O)N(C)C6=O)c5n4)ncc23)cc1. The van der Waals surface area contributed by atoms with E-state index in [0.717, 1.165) is 75.3 Å². The molecule has 3 aliphatic rings. The molecule has 1 saturated heterocycles. The molecule has 10 rings (SSSR count). The highest BCUT2D eigenvalue weighted by atomic mass is 16.5. The average molecular weight is 817 g/mol. The number of amides is 3. The third-order valence-corrected chi connectivity index (χ3v) is 11.7. The highest BCUT2D eigenvalue weighted by Gasteiger charge is 2.43. The molecular weight excluding hydrogens is 773 g/mol. The van der Waals surface area contributed by atoms with E-state index < -0.39 is 0 Å². The van der Waals surface area contributed by atoms with Gasteiger partial charge in [0.2, 0.25) is 11.9 Å². The van der Waals surface area contributed by atoms with Crippen LogP contribution < -0.4 is 24.0 Å². The molecule has 0 bridgehead atoms. The Kier molecular flexibility index (Phi) is 9.65. The van der Waals surface area contributed by atoms with Gasteiger partial charge in [0.05, 0.1) is 43.2 Å². The zero-order valence-electron chi connectivity index (χ0n) is 34.4. The number of aryl methyl sites for hydroxylation is 1. The van der Waals surface area contributed by atoms with Crippen molar-refractivity contribution in [1.82, 2.24) is 39.2 Å². The third kappa shape index (κ3) is 7.62. The first-order valence-electron chi connectivity index (χ1n) is 20.4. The Labute approximate surface area is 352 Å². The van der Waals surface area contributed by atoms with Crippen LogP contribution in [-0.4, -0.2) is 79.0 Å². The lowest BCUT2D eigenvalue weighted by Crippen LogP contribution is -2.30. The molecule has 3 fully saturated rings. The van der Waals surface area contributed by atoms with Crippen molar-refractivity contribution in [2.24, 2.45) is 0 Å². The number of carbonyl (C=O) groups is 2. The number of methoxy groups -OCH3 is 2. The van der Waals surface area contributed by atoms with Gasteiger partial charge in [-0.1, -0.05) is 24.3 Å². The van der Waals surface area contributed by atoms with E-state index in [1.807, 2.05) is 90.4 Å². The Bertz CT molecular complexity index is 2810. The summed E-state index contributed by atoms with van der Waals surface area (Å²) in [5.74, 6) is 3.85. The van der Waals surface area contributed by atoms with Crippen molar-refractivity contribution >= 4 is 40.3 Å². The molecule has 1 aliphatic heterocycles. The molecule has 0 spiro atoms. The van der Waals surface area contributed by atoms with Gasteiger partial charge >= 0.3 is 6.03 Å². The molecular formula is C46H44N10O5. The van der Waals surface area contributed by atoms with Crippen LogP contribution in [0.4, 0.5) is 16.4 Å². The molecule has 5 aromatic heterocycles. The van der Waals surface area contributed by atoms with E-state index in [-0.39, 0.29) is 30.3 Å². The number of anilines is 2. The van der Waals surface area contributed by atoms with E-state index in [4.69, 9.17) is 39.1 Å². The fourth-order valence-electron chi connectivity index (χ4n) is 7.98. The van der Waals surface area contributed by atoms with Gasteiger partial charge in [-0.25, -0.2) is 29.7 Å². The van der Waals surface area contributed by atoms with Crippen LogP contribution >= 0.6 is 0 Å². The molecule has 2 aromatic carbocycles. The molecule has 2 saturated carbocycles. The van der Waals surface area contributed by atoms with Crippen molar-refractivity contribution in [1.29, 1.82) is 0 Å². The molecule has 0 N–H and O–H groups in total. The number of imide groups is 1. The number of nitrogens with zero attached hydrogens (tertiary/aromatic N) is 10. The standard InChI is InChI=1S/C46H44N10O5/c1-27-15-16-47-42(49-27)36-18-35(36)38-19-40(61-26-29-7-13-34(60-4)14-8-29)37-20-48-45(52-43(37)51-38)55(21-28-5-11-33(59-3)12-6-28)24-32-23-54-22-31(30-9-10-30)17-39(44(54)50-32)56-25-41(57)53(2)46(56)58/h5-8,11-17,19-20,22-23,30,35-36H,9-10,18,21,24-26H2,1-4H3/t35-,36-/m0/s1. The molecule has 6 heterocycles. The van der Waals surface area contributed by atoms with Crippen molar-refractivity contribution in [2.75, 3.05) is 37.6 Å². The van der Waals surface area contributed by atoms with Crippen LogP contribution in [-0.2, 0) is 24.5 Å². The summed E-state index contributed by atoms with van der Waals surface area (Å²) in [6, 6.07) is 21.3. The van der Waals surface area contributed by atoms with E-state index in [0.29, 0.717) is 59.7 Å². The lowest BCUT2D eigenvalue weighted by atomic mass is 10.1. The van der Waals surface area contributed by atoms with Gasteiger partial charge in [0.25, 0.3) is 0 Å². The summed E-state index contributed by atoms with van der Waals surface area (Å²) in [5.41, 5.74) is 7.37. The number of hydrogen-bond acceptors (Lipinski definition) is 12. The highest BCUT2D eigenvalue weighted by molar-refractivity contribution is 6.13. The van der Waals surface area contributed by atoms with E-state index in [2.05, 4.69) is 16.1 Å². The summed E-state index contributed by atoms with van der Waals surface area (Å²) < 4.78 is 19.3. The number of benzene rings is 2. The Balaban J connectivity index is 1.03. The van der Waals surface area contributed by atoms with Crippen molar-refractivity contribution in [2.45, 2.75) is 63.6 Å². The van der Waals surface area contributed by atoms with Gasteiger partial charge in [-0.15, -0.1) is 0 Å². The summed E-state index contributed by atoms with van der Waals surface area (Å²) in [6.45, 7) is 3.05. The van der Waals surface area contributed by atoms with Crippen molar-refractivity contribution in [3.05, 3.63) is 131 Å². The fraction of sp³-hybridized carbons (Fsp3) is 0.304. The Morgan fingerprint density at radius 3 is 2.26 bits per heavy atom. The molecule has 2 atom stereocenters. The first-order valence-corrected chi connectivity index (χ1v) is 20.4. The number of pyridine rings is 2. The Hall–Kier alpha value is -7.16. The lowest BCUT2D eigenvalue weighted by molar-refractivity contribution is -0.123. The number of urea groups is 1. The van der Waals surface area contributed by atoms with Gasteiger partial charge in [0, 0.05) is 62.0 Å². The van der Waals surface area contributed by atoms with Crippen LogP contribution in [0.5, 0.6) is 17.2 Å². The summed E-state index contributed by atoms with van der Waals surface area (Å²) in [5, 5.41) is 0.689. The van der Waals surface area contributed by atoms with Gasteiger partial charge in [0.15, 0.2) is 11.3 Å². The monoisotopic (exact) mass is 816 g/mol. The minimum Gasteiger partial charge on any atom is -0.497 e. The first kappa shape index (κ1) is 38.1. The maximum Gasteiger partial charge on any atom is 0.331 e. The number of likely N-dealkylation sites (N-methyl/N-ethyl adjacent to an activating group) is 1. The highest BCUT2D eigenvalue weighted by Crippen LogP contribution is 2.54. The van der Waals surface area contributed by atoms with Crippen LogP contribution in [0.1, 0.15) is 76.6 Å². The van der Waals surface area contributed by atoms with Crippen LogP contribution in [0.3, 0.4) is 0 Å². The second kappa shape index (κ2) is 15.5. The number of aromatic nitrogens is 7. The van der Waals surface area contributed by atoms with Crippen LogP contribution in [0, 0.1) is 6.92 Å². The second-order valence-electron chi connectivity index (χ2n) is 16.0. The van der Waals surface area contributed by atoms with E-state index in [9.17, 15) is 9.59 Å². The third-order valence-electron chi connectivity index (χ3n) is 11.7. The Morgan fingerprint density at radius 1 is 0.820 bits per heavy atom. The Morgan fingerprint density at radius 2 is 1.57 bits per heavy atom. The maximum absolute atomic E-state index is 13.3.